The zero-order chi connectivity index (χ0) is 31.9. The van der Waals surface area contributed by atoms with Gasteiger partial charge in [-0.1, -0.05) is 32.8 Å². The van der Waals surface area contributed by atoms with Gasteiger partial charge in [0.15, 0.2) is 0 Å². The van der Waals surface area contributed by atoms with E-state index in [0.717, 1.165) is 51.6 Å². The topological polar surface area (TPSA) is 100 Å². The molecule has 45 heavy (non-hydrogen) atoms. The van der Waals surface area contributed by atoms with Crippen molar-refractivity contribution in [3.05, 3.63) is 17.9 Å². The molecule has 2 bridgehead atoms. The second kappa shape index (κ2) is 10.9. The molecule has 244 valence electrons. The molecule has 0 spiro atoms. The van der Waals surface area contributed by atoms with Crippen LogP contribution in [-0.4, -0.2) is 99.7 Å². The van der Waals surface area contributed by atoms with E-state index in [4.69, 9.17) is 24.0 Å². The van der Waals surface area contributed by atoms with Gasteiger partial charge in [-0.3, -0.25) is 9.80 Å². The second-order valence-corrected chi connectivity index (χ2v) is 15.1. The number of aromatic nitrogens is 2. The average Bonchev–Trinajstić information content (AvgIpc) is 3.66. The number of benzene rings is 1. The highest BCUT2D eigenvalue weighted by Crippen LogP contribution is 2.46. The minimum atomic E-state index is -0.885. The molecule has 5 saturated heterocycles. The molecule has 4 atom stereocenters. The summed E-state index contributed by atoms with van der Waals surface area (Å²) < 4.78 is 35.6. The van der Waals surface area contributed by atoms with E-state index in [-0.39, 0.29) is 29.1 Å². The first-order valence-electron chi connectivity index (χ1n) is 16.8. The Bertz CT molecular complexity index is 1450. The highest BCUT2D eigenvalue weighted by molar-refractivity contribution is 6.62. The van der Waals surface area contributed by atoms with Gasteiger partial charge in [-0.15, -0.1) is 0 Å². The number of ether oxygens (including phenoxy) is 1. The Kier molecular flexibility index (Phi) is 7.52. The van der Waals surface area contributed by atoms with Crippen LogP contribution in [0.2, 0.25) is 0 Å². The number of hydrogen-bond acceptors (Lipinski definition) is 8. The lowest BCUT2D eigenvalue weighted by Gasteiger charge is -2.40. The predicted octanol–water partition coefficient (Wildman–Crippen LogP) is 4.68. The SMILES string of the molecule is CCC1CN2CC(CC)CC2(COc2nc(N3C[C@H]4CC[C@@H](C3)N4C(=O)O)c3ccc(B4OC(C)(C)C(C)(C)O4)c(F)c3n2)C1. The van der Waals surface area contributed by atoms with Gasteiger partial charge in [-0.05, 0) is 71.3 Å². The van der Waals surface area contributed by atoms with Gasteiger partial charge < -0.3 is 24.1 Å². The summed E-state index contributed by atoms with van der Waals surface area (Å²) in [5.41, 5.74) is -0.836. The van der Waals surface area contributed by atoms with Crippen molar-refractivity contribution in [3.8, 4) is 6.01 Å². The van der Waals surface area contributed by atoms with E-state index in [2.05, 4.69) is 23.6 Å². The summed E-state index contributed by atoms with van der Waals surface area (Å²) in [6, 6.07) is 3.44. The van der Waals surface area contributed by atoms with Crippen LogP contribution in [0.5, 0.6) is 6.01 Å². The van der Waals surface area contributed by atoms with Crippen molar-refractivity contribution < 1.29 is 28.3 Å². The molecule has 1 N–H and O–H groups in total. The predicted molar refractivity (Wildman–Crippen MR) is 171 cm³/mol. The first kappa shape index (κ1) is 30.9. The summed E-state index contributed by atoms with van der Waals surface area (Å²) in [7, 11) is -0.876. The Balaban J connectivity index is 1.26. The van der Waals surface area contributed by atoms with Crippen LogP contribution >= 0.6 is 0 Å². The fourth-order valence-electron chi connectivity index (χ4n) is 8.57. The Hall–Kier alpha value is -2.70. The zero-order valence-corrected chi connectivity index (χ0v) is 27.5. The normalized spacial score (nSPS) is 32.1. The first-order valence-corrected chi connectivity index (χ1v) is 16.8. The molecule has 2 aromatic rings. The summed E-state index contributed by atoms with van der Waals surface area (Å²) in [6.45, 7) is 15.9. The van der Waals surface area contributed by atoms with Crippen LogP contribution in [0.15, 0.2) is 12.1 Å². The number of halogens is 1. The molecule has 7 rings (SSSR count). The molecule has 5 fully saturated rings. The third kappa shape index (κ3) is 5.06. The Morgan fingerprint density at radius 1 is 1.00 bits per heavy atom. The number of nitrogens with zero attached hydrogens (tertiary/aromatic N) is 5. The van der Waals surface area contributed by atoms with Crippen molar-refractivity contribution >= 4 is 35.4 Å². The second-order valence-electron chi connectivity index (χ2n) is 15.1. The lowest BCUT2D eigenvalue weighted by molar-refractivity contribution is 0.00578. The van der Waals surface area contributed by atoms with Crippen molar-refractivity contribution in [1.29, 1.82) is 0 Å². The number of anilines is 1. The highest BCUT2D eigenvalue weighted by Gasteiger charge is 2.53. The summed E-state index contributed by atoms with van der Waals surface area (Å²) >= 11 is 0. The van der Waals surface area contributed by atoms with E-state index in [0.29, 0.717) is 48.2 Å². The summed E-state index contributed by atoms with van der Waals surface area (Å²) in [6.07, 6.45) is 5.17. The number of hydrogen-bond donors (Lipinski definition) is 1. The molecule has 0 aliphatic carbocycles. The maximum absolute atomic E-state index is 16.6. The highest BCUT2D eigenvalue weighted by atomic mass is 19.1. The van der Waals surface area contributed by atoms with Gasteiger partial charge in [-0.2, -0.15) is 9.97 Å². The van der Waals surface area contributed by atoms with Crippen LogP contribution in [0.4, 0.5) is 15.0 Å². The quantitative estimate of drug-likeness (QED) is 0.441. The van der Waals surface area contributed by atoms with Crippen LogP contribution < -0.4 is 15.1 Å². The Morgan fingerprint density at radius 2 is 1.60 bits per heavy atom. The molecule has 1 aromatic heterocycles. The molecule has 1 aromatic carbocycles. The van der Waals surface area contributed by atoms with E-state index in [1.807, 2.05) is 33.8 Å². The van der Waals surface area contributed by atoms with Crippen LogP contribution in [0, 0.1) is 17.7 Å². The van der Waals surface area contributed by atoms with E-state index in [9.17, 15) is 9.90 Å². The number of piperazine rings is 1. The molecule has 0 saturated carbocycles. The van der Waals surface area contributed by atoms with Crippen LogP contribution in [-0.2, 0) is 9.31 Å². The fourth-order valence-corrected chi connectivity index (χ4v) is 8.57. The molecule has 12 heteroatoms. The maximum atomic E-state index is 16.6. The van der Waals surface area contributed by atoms with Gasteiger partial charge in [0, 0.05) is 37.0 Å². The molecule has 6 heterocycles. The fraction of sp³-hybridized carbons (Fsp3) is 0.727. The summed E-state index contributed by atoms with van der Waals surface area (Å²) in [5, 5.41) is 10.4. The molecule has 5 aliphatic rings. The van der Waals surface area contributed by atoms with E-state index in [1.165, 1.54) is 0 Å². The third-order valence-electron chi connectivity index (χ3n) is 11.9. The first-order chi connectivity index (χ1) is 21.3. The summed E-state index contributed by atoms with van der Waals surface area (Å²) in [4.78, 5) is 27.9. The number of amides is 1. The molecular weight excluding hydrogens is 576 g/mol. The Labute approximate surface area is 265 Å². The summed E-state index contributed by atoms with van der Waals surface area (Å²) in [5.74, 6) is 1.35. The zero-order valence-electron chi connectivity index (χ0n) is 27.5. The smallest absolute Gasteiger partial charge is 0.465 e. The molecule has 10 nitrogen and oxygen atoms in total. The molecule has 0 radical (unpaired) electrons. The third-order valence-corrected chi connectivity index (χ3v) is 11.9. The number of rotatable bonds is 7. The molecular formula is C33H47BFN5O5. The minimum absolute atomic E-state index is 0.0604. The molecule has 5 aliphatic heterocycles. The van der Waals surface area contributed by atoms with Crippen molar-refractivity contribution in [2.45, 2.75) is 109 Å². The van der Waals surface area contributed by atoms with Gasteiger partial charge >= 0.3 is 19.2 Å². The van der Waals surface area contributed by atoms with E-state index in [1.54, 1.807) is 11.0 Å². The standard InChI is InChI=1S/C33H47BFN5O5/c1-7-20-13-33(14-21(8-2)16-39(33)15-20)19-43-29-36-27-24(11-12-25(26(27)35)34-44-31(3,4)32(5,6)45-34)28(37-29)38-17-22-9-10-23(18-38)40(22)30(41)42/h11-12,20-23H,7-10,13-19H2,1-6H3,(H,41,42)/t20?,21?,22-,23+,33?. The number of fused-ring (bicyclic) bond motifs is 4. The monoisotopic (exact) mass is 623 g/mol. The largest absolute Gasteiger partial charge is 0.497 e. The van der Waals surface area contributed by atoms with Gasteiger partial charge in [0.05, 0.1) is 28.8 Å². The number of carboxylic acid groups (broad SMARTS) is 1. The van der Waals surface area contributed by atoms with E-state index < -0.39 is 30.2 Å². The van der Waals surface area contributed by atoms with Crippen molar-refractivity contribution in [2.75, 3.05) is 37.7 Å². The van der Waals surface area contributed by atoms with Crippen molar-refractivity contribution in [1.82, 2.24) is 19.8 Å². The lowest BCUT2D eigenvalue weighted by atomic mass is 9.78. The average molecular weight is 624 g/mol. The van der Waals surface area contributed by atoms with Gasteiger partial charge in [-0.25, -0.2) is 9.18 Å². The number of carbonyl (C=O) groups is 1. The van der Waals surface area contributed by atoms with Gasteiger partial charge in [0.25, 0.3) is 0 Å². The lowest BCUT2D eigenvalue weighted by Crippen LogP contribution is -2.55. The maximum Gasteiger partial charge on any atom is 0.497 e. The van der Waals surface area contributed by atoms with Crippen LogP contribution in [0.3, 0.4) is 0 Å². The van der Waals surface area contributed by atoms with Gasteiger partial charge in [0.1, 0.15) is 23.8 Å². The van der Waals surface area contributed by atoms with Crippen LogP contribution in [0.25, 0.3) is 10.9 Å². The molecule has 2 unspecified atom stereocenters. The molecule has 1 amide bonds. The van der Waals surface area contributed by atoms with Crippen molar-refractivity contribution in [2.24, 2.45) is 11.8 Å². The van der Waals surface area contributed by atoms with Crippen molar-refractivity contribution in [3.63, 3.8) is 0 Å². The van der Waals surface area contributed by atoms with E-state index >= 15 is 4.39 Å². The minimum Gasteiger partial charge on any atom is -0.465 e. The van der Waals surface area contributed by atoms with Crippen LogP contribution in [0.1, 0.15) is 80.1 Å². The van der Waals surface area contributed by atoms with Gasteiger partial charge in [0.2, 0.25) is 0 Å². The Morgan fingerprint density at radius 3 is 2.16 bits per heavy atom.